The third-order valence-electron chi connectivity index (χ3n) is 7.55. The average molecular weight is 509 g/mol. The Bertz CT molecular complexity index is 1410. The van der Waals surface area contributed by atoms with Crippen molar-refractivity contribution in [3.63, 3.8) is 0 Å². The molecule has 2 saturated heterocycles. The molecule has 2 aliphatic rings. The first kappa shape index (κ1) is 24.0. The summed E-state index contributed by atoms with van der Waals surface area (Å²) in [6.45, 7) is 6.29. The number of fused-ring (bicyclic) bond motifs is 1. The fourth-order valence-corrected chi connectivity index (χ4v) is 5.50. The van der Waals surface area contributed by atoms with E-state index in [9.17, 15) is 4.79 Å². The number of nitrogens with zero attached hydrogens (tertiary/aromatic N) is 6. The van der Waals surface area contributed by atoms with Crippen molar-refractivity contribution in [3.8, 4) is 5.75 Å². The molecule has 8 nitrogen and oxygen atoms in total. The zero-order valence-corrected chi connectivity index (χ0v) is 21.7. The molecule has 2 aliphatic heterocycles. The lowest BCUT2D eigenvalue weighted by atomic mass is 10.0. The van der Waals surface area contributed by atoms with Gasteiger partial charge in [-0.25, -0.2) is 9.97 Å². The van der Waals surface area contributed by atoms with Crippen molar-refractivity contribution >= 4 is 34.0 Å². The van der Waals surface area contributed by atoms with E-state index in [1.807, 2.05) is 59.6 Å². The van der Waals surface area contributed by atoms with E-state index in [4.69, 9.17) is 9.72 Å². The molecular weight excluding hydrogens is 476 g/mol. The Kier molecular flexibility index (Phi) is 6.69. The Hall–Kier alpha value is -4.33. The second kappa shape index (κ2) is 10.6. The molecular formula is C30H32N6O2. The first-order valence-electron chi connectivity index (χ1n) is 13.2. The normalized spacial score (nSPS) is 16.1. The predicted molar refractivity (Wildman–Crippen MR) is 152 cm³/mol. The van der Waals surface area contributed by atoms with E-state index in [1.54, 1.807) is 13.3 Å². The van der Waals surface area contributed by atoms with Gasteiger partial charge in [0, 0.05) is 70.1 Å². The standard InChI is InChI=1S/C30H32N6O2/c1-38-27-11-5-4-10-26(27)33-14-20-36(21-15-33)30(37)25-22-32-29(24-9-3-2-8-23(24)25)35-18-16-34(17-19-35)28-12-6-7-13-31-28/h2-13,22H,14-21H2,1H3. The van der Waals surface area contributed by atoms with Crippen LogP contribution in [0, 0.1) is 0 Å². The molecule has 0 saturated carbocycles. The van der Waals surface area contributed by atoms with E-state index in [2.05, 4.69) is 37.9 Å². The van der Waals surface area contributed by atoms with Crippen LogP contribution in [-0.2, 0) is 0 Å². The third kappa shape index (κ3) is 4.58. The number of hydrogen-bond acceptors (Lipinski definition) is 7. The number of hydrogen-bond donors (Lipinski definition) is 0. The van der Waals surface area contributed by atoms with Crippen molar-refractivity contribution in [1.29, 1.82) is 0 Å². The van der Waals surface area contributed by atoms with Crippen LogP contribution in [0.1, 0.15) is 10.4 Å². The summed E-state index contributed by atoms with van der Waals surface area (Å²) in [5.74, 6) is 2.86. The van der Waals surface area contributed by atoms with Gasteiger partial charge in [0.25, 0.3) is 5.91 Å². The number of aromatic nitrogens is 2. The van der Waals surface area contributed by atoms with E-state index >= 15 is 0 Å². The van der Waals surface area contributed by atoms with Crippen LogP contribution in [0.5, 0.6) is 5.75 Å². The molecule has 4 heterocycles. The largest absolute Gasteiger partial charge is 0.495 e. The van der Waals surface area contributed by atoms with Gasteiger partial charge in [0.05, 0.1) is 18.4 Å². The molecule has 194 valence electrons. The fraction of sp³-hybridized carbons (Fsp3) is 0.300. The maximum atomic E-state index is 13.7. The van der Waals surface area contributed by atoms with Crippen molar-refractivity contribution < 1.29 is 9.53 Å². The quantitative estimate of drug-likeness (QED) is 0.405. The number of carbonyl (C=O) groups is 1. The molecule has 6 rings (SSSR count). The van der Waals surface area contributed by atoms with E-state index in [-0.39, 0.29) is 5.91 Å². The SMILES string of the molecule is COc1ccccc1N1CCN(C(=O)c2cnc(N3CCN(c4ccccn4)CC3)c3ccccc23)CC1. The van der Waals surface area contributed by atoms with E-state index in [1.165, 1.54) is 0 Å². The molecule has 0 unspecified atom stereocenters. The summed E-state index contributed by atoms with van der Waals surface area (Å²) in [7, 11) is 1.70. The molecule has 0 radical (unpaired) electrons. The average Bonchev–Trinajstić information content (AvgIpc) is 3.01. The van der Waals surface area contributed by atoms with Crippen molar-refractivity contribution in [1.82, 2.24) is 14.9 Å². The first-order valence-corrected chi connectivity index (χ1v) is 13.2. The lowest BCUT2D eigenvalue weighted by Crippen LogP contribution is -2.49. The van der Waals surface area contributed by atoms with Gasteiger partial charge in [-0.3, -0.25) is 4.79 Å². The summed E-state index contributed by atoms with van der Waals surface area (Å²) >= 11 is 0. The van der Waals surface area contributed by atoms with Crippen LogP contribution in [0.3, 0.4) is 0 Å². The minimum absolute atomic E-state index is 0.0416. The van der Waals surface area contributed by atoms with Gasteiger partial charge in [0.1, 0.15) is 17.4 Å². The zero-order valence-electron chi connectivity index (χ0n) is 21.7. The van der Waals surface area contributed by atoms with Gasteiger partial charge >= 0.3 is 0 Å². The number of carbonyl (C=O) groups excluding carboxylic acids is 1. The van der Waals surface area contributed by atoms with Crippen LogP contribution >= 0.6 is 0 Å². The lowest BCUT2D eigenvalue weighted by molar-refractivity contribution is 0.0748. The highest BCUT2D eigenvalue weighted by Gasteiger charge is 2.27. The Morgan fingerprint density at radius 2 is 1.37 bits per heavy atom. The summed E-state index contributed by atoms with van der Waals surface area (Å²) in [6.07, 6.45) is 3.61. The van der Waals surface area contributed by atoms with E-state index in [0.29, 0.717) is 18.7 Å². The number of amides is 1. The summed E-state index contributed by atoms with van der Waals surface area (Å²) in [5.41, 5.74) is 1.74. The predicted octanol–water partition coefficient (Wildman–Crippen LogP) is 3.93. The Balaban J connectivity index is 1.18. The Morgan fingerprint density at radius 3 is 2.11 bits per heavy atom. The second-order valence-electron chi connectivity index (χ2n) is 9.65. The summed E-state index contributed by atoms with van der Waals surface area (Å²) < 4.78 is 5.54. The van der Waals surface area contributed by atoms with Gasteiger partial charge in [0.15, 0.2) is 0 Å². The maximum absolute atomic E-state index is 13.7. The van der Waals surface area contributed by atoms with Crippen LogP contribution in [0.2, 0.25) is 0 Å². The highest BCUT2D eigenvalue weighted by Crippen LogP contribution is 2.31. The number of rotatable bonds is 5. The maximum Gasteiger partial charge on any atom is 0.256 e. The number of benzene rings is 2. The molecule has 38 heavy (non-hydrogen) atoms. The van der Waals surface area contributed by atoms with Crippen LogP contribution in [-0.4, -0.2) is 80.2 Å². The molecule has 0 atom stereocenters. The minimum Gasteiger partial charge on any atom is -0.495 e. The van der Waals surface area contributed by atoms with Crippen LogP contribution in [0.15, 0.2) is 79.1 Å². The smallest absolute Gasteiger partial charge is 0.256 e. The van der Waals surface area contributed by atoms with Crippen LogP contribution < -0.4 is 19.4 Å². The third-order valence-corrected chi connectivity index (χ3v) is 7.55. The number of para-hydroxylation sites is 2. The van der Waals surface area contributed by atoms with Gasteiger partial charge in [-0.05, 0) is 29.7 Å². The van der Waals surface area contributed by atoms with Gasteiger partial charge in [-0.2, -0.15) is 0 Å². The lowest BCUT2D eigenvalue weighted by Gasteiger charge is -2.37. The first-order chi connectivity index (χ1) is 18.7. The highest BCUT2D eigenvalue weighted by molar-refractivity contribution is 6.09. The molecule has 0 aliphatic carbocycles. The van der Waals surface area contributed by atoms with Crippen molar-refractivity contribution in [2.75, 3.05) is 74.2 Å². The number of piperazine rings is 2. The van der Waals surface area contributed by atoms with Gasteiger partial charge < -0.3 is 24.3 Å². The van der Waals surface area contributed by atoms with Gasteiger partial charge in [-0.15, -0.1) is 0 Å². The van der Waals surface area contributed by atoms with E-state index < -0.39 is 0 Å². The Labute approximate surface area is 223 Å². The molecule has 0 bridgehead atoms. The molecule has 4 aromatic rings. The number of anilines is 3. The summed E-state index contributed by atoms with van der Waals surface area (Å²) in [6, 6.07) is 22.2. The minimum atomic E-state index is 0.0416. The molecule has 8 heteroatoms. The molecule has 2 fully saturated rings. The Morgan fingerprint density at radius 1 is 0.711 bits per heavy atom. The fourth-order valence-electron chi connectivity index (χ4n) is 5.50. The number of ether oxygens (including phenoxy) is 1. The zero-order chi connectivity index (χ0) is 25.9. The van der Waals surface area contributed by atoms with Crippen molar-refractivity contribution in [3.05, 3.63) is 84.7 Å². The topological polar surface area (TPSA) is 65.0 Å². The number of methoxy groups -OCH3 is 1. The molecule has 1 amide bonds. The van der Waals surface area contributed by atoms with Crippen molar-refractivity contribution in [2.45, 2.75) is 0 Å². The molecule has 2 aromatic carbocycles. The van der Waals surface area contributed by atoms with Crippen LogP contribution in [0.4, 0.5) is 17.3 Å². The van der Waals surface area contributed by atoms with Crippen molar-refractivity contribution in [2.24, 2.45) is 0 Å². The molecule has 2 aromatic heterocycles. The molecule has 0 N–H and O–H groups in total. The molecule has 0 spiro atoms. The number of pyridine rings is 2. The van der Waals surface area contributed by atoms with Gasteiger partial charge in [0.2, 0.25) is 0 Å². The second-order valence-corrected chi connectivity index (χ2v) is 9.65. The monoisotopic (exact) mass is 508 g/mol. The van der Waals surface area contributed by atoms with Gasteiger partial charge in [-0.1, -0.05) is 42.5 Å². The van der Waals surface area contributed by atoms with Crippen LogP contribution in [0.25, 0.3) is 10.8 Å². The highest BCUT2D eigenvalue weighted by atomic mass is 16.5. The van der Waals surface area contributed by atoms with E-state index in [0.717, 1.165) is 73.1 Å². The summed E-state index contributed by atoms with van der Waals surface area (Å²) in [5, 5.41) is 1.99. The summed E-state index contributed by atoms with van der Waals surface area (Å²) in [4.78, 5) is 31.9.